The number of fused-ring (bicyclic) bond motifs is 1. The van der Waals surface area contributed by atoms with Crippen LogP contribution in [0.4, 0.5) is 0 Å². The second-order valence-electron chi connectivity index (χ2n) is 5.48. The third-order valence-corrected chi connectivity index (χ3v) is 6.31. The van der Waals surface area contributed by atoms with E-state index < -0.39 is 0 Å². The monoisotopic (exact) mass is 325 g/mol. The fourth-order valence-corrected chi connectivity index (χ4v) is 5.27. The lowest BCUT2D eigenvalue weighted by molar-refractivity contribution is -0.146. The molecule has 4 nitrogen and oxygen atoms in total. The Bertz CT molecular complexity index is 532. The maximum atomic E-state index is 12.7. The van der Waals surface area contributed by atoms with Crippen molar-refractivity contribution in [3.63, 3.8) is 0 Å². The number of thioether (sulfide) groups is 1. The average Bonchev–Trinajstić information content (AvgIpc) is 2.97. The molecule has 3 rings (SSSR count). The van der Waals surface area contributed by atoms with Crippen LogP contribution in [0.25, 0.3) is 0 Å². The molecule has 0 aliphatic carbocycles. The molecule has 3 heterocycles. The van der Waals surface area contributed by atoms with Gasteiger partial charge in [-0.05, 0) is 36.6 Å². The minimum absolute atomic E-state index is 0.0769. The third kappa shape index (κ3) is 3.11. The zero-order valence-electron chi connectivity index (χ0n) is 12.1. The van der Waals surface area contributed by atoms with Gasteiger partial charge in [-0.1, -0.05) is 0 Å². The van der Waals surface area contributed by atoms with Crippen LogP contribution in [-0.2, 0) is 21.7 Å². The van der Waals surface area contributed by atoms with E-state index >= 15 is 0 Å². The van der Waals surface area contributed by atoms with Gasteiger partial charge < -0.3 is 9.64 Å². The van der Waals surface area contributed by atoms with E-state index in [0.29, 0.717) is 6.54 Å². The van der Waals surface area contributed by atoms with E-state index in [1.165, 1.54) is 17.6 Å². The van der Waals surface area contributed by atoms with Crippen LogP contribution in [0.5, 0.6) is 0 Å². The highest BCUT2D eigenvalue weighted by atomic mass is 32.2. The minimum atomic E-state index is -0.200. The molecule has 0 spiro atoms. The molecular formula is C15H19NO3S2. The van der Waals surface area contributed by atoms with E-state index in [0.717, 1.165) is 42.2 Å². The van der Waals surface area contributed by atoms with Crippen molar-refractivity contribution in [2.75, 3.05) is 26.0 Å². The van der Waals surface area contributed by atoms with Gasteiger partial charge in [0.05, 0.1) is 17.9 Å². The number of nitrogens with zero attached hydrogens (tertiary/aromatic N) is 1. The quantitative estimate of drug-likeness (QED) is 0.784. The second kappa shape index (κ2) is 6.40. The molecule has 1 fully saturated rings. The highest BCUT2D eigenvalue weighted by Gasteiger charge is 2.30. The molecule has 2 aliphatic heterocycles. The van der Waals surface area contributed by atoms with Crippen LogP contribution in [-0.4, -0.2) is 42.7 Å². The summed E-state index contributed by atoms with van der Waals surface area (Å²) in [6.45, 7) is 1.23. The Morgan fingerprint density at radius 3 is 3.05 bits per heavy atom. The first-order chi connectivity index (χ1) is 10.2. The predicted molar refractivity (Wildman–Crippen MR) is 84.8 cm³/mol. The largest absolute Gasteiger partial charge is 0.469 e. The lowest BCUT2D eigenvalue weighted by atomic mass is 9.98. The van der Waals surface area contributed by atoms with E-state index in [1.807, 2.05) is 16.7 Å². The maximum absolute atomic E-state index is 12.7. The van der Waals surface area contributed by atoms with E-state index in [9.17, 15) is 9.59 Å². The SMILES string of the molecule is COC(=O)[C@H]1CCCN(C(=O)c2cc3c(s2)CCSC3)C1. The van der Waals surface area contributed by atoms with Gasteiger partial charge in [0.2, 0.25) is 0 Å². The molecule has 2 aliphatic rings. The number of hydrogen-bond acceptors (Lipinski definition) is 5. The molecule has 0 saturated carbocycles. The average molecular weight is 325 g/mol. The van der Waals surface area contributed by atoms with Crippen molar-refractivity contribution in [1.29, 1.82) is 0 Å². The molecular weight excluding hydrogens is 306 g/mol. The molecule has 0 unspecified atom stereocenters. The molecule has 114 valence electrons. The number of piperidine rings is 1. The van der Waals surface area contributed by atoms with Crippen LogP contribution < -0.4 is 0 Å². The van der Waals surface area contributed by atoms with Crippen molar-refractivity contribution in [2.45, 2.75) is 25.0 Å². The molecule has 0 bridgehead atoms. The summed E-state index contributed by atoms with van der Waals surface area (Å²) in [4.78, 5) is 28.3. The number of likely N-dealkylation sites (tertiary alicyclic amines) is 1. The smallest absolute Gasteiger partial charge is 0.310 e. The molecule has 1 atom stereocenters. The van der Waals surface area contributed by atoms with E-state index in [1.54, 1.807) is 11.3 Å². The molecule has 1 saturated heterocycles. The van der Waals surface area contributed by atoms with Gasteiger partial charge in [-0.2, -0.15) is 11.8 Å². The van der Waals surface area contributed by atoms with Gasteiger partial charge in [-0.15, -0.1) is 11.3 Å². The Balaban J connectivity index is 1.72. The van der Waals surface area contributed by atoms with Crippen molar-refractivity contribution < 1.29 is 14.3 Å². The number of ether oxygens (including phenoxy) is 1. The van der Waals surface area contributed by atoms with Crippen LogP contribution in [0.15, 0.2) is 6.07 Å². The summed E-state index contributed by atoms with van der Waals surface area (Å²) < 4.78 is 4.81. The normalized spacial score (nSPS) is 21.8. The minimum Gasteiger partial charge on any atom is -0.469 e. The van der Waals surface area contributed by atoms with Crippen molar-refractivity contribution in [2.24, 2.45) is 5.92 Å². The molecule has 0 N–H and O–H groups in total. The van der Waals surface area contributed by atoms with Crippen molar-refractivity contribution in [3.8, 4) is 0 Å². The summed E-state index contributed by atoms with van der Waals surface area (Å²) in [6.07, 6.45) is 2.75. The van der Waals surface area contributed by atoms with E-state index in [-0.39, 0.29) is 17.8 Å². The summed E-state index contributed by atoms with van der Waals surface area (Å²) in [5.41, 5.74) is 1.32. The Morgan fingerprint density at radius 1 is 1.43 bits per heavy atom. The standard InChI is InChI=1S/C15H19NO3S2/c1-19-15(18)10-3-2-5-16(8-10)14(17)13-7-11-9-20-6-4-12(11)21-13/h7,10H,2-6,8-9H2,1H3/t10-/m0/s1. The number of methoxy groups -OCH3 is 1. The highest BCUT2D eigenvalue weighted by molar-refractivity contribution is 7.98. The highest BCUT2D eigenvalue weighted by Crippen LogP contribution is 2.33. The summed E-state index contributed by atoms with van der Waals surface area (Å²) in [7, 11) is 1.41. The fourth-order valence-electron chi connectivity index (χ4n) is 2.93. The zero-order valence-corrected chi connectivity index (χ0v) is 13.7. The number of hydrogen-bond donors (Lipinski definition) is 0. The number of carbonyl (C=O) groups excluding carboxylic acids is 2. The first kappa shape index (κ1) is 14.9. The summed E-state index contributed by atoms with van der Waals surface area (Å²) >= 11 is 3.56. The van der Waals surface area contributed by atoms with Gasteiger partial charge >= 0.3 is 5.97 Å². The van der Waals surface area contributed by atoms with Crippen LogP contribution in [0, 0.1) is 5.92 Å². The number of carbonyl (C=O) groups is 2. The topological polar surface area (TPSA) is 46.6 Å². The molecule has 0 aromatic carbocycles. The lowest BCUT2D eigenvalue weighted by Gasteiger charge is -2.31. The van der Waals surface area contributed by atoms with Crippen molar-refractivity contribution in [3.05, 3.63) is 21.4 Å². The Morgan fingerprint density at radius 2 is 2.29 bits per heavy atom. The second-order valence-corrected chi connectivity index (χ2v) is 7.72. The lowest BCUT2D eigenvalue weighted by Crippen LogP contribution is -2.42. The first-order valence-electron chi connectivity index (χ1n) is 7.25. The molecule has 0 radical (unpaired) electrons. The Kier molecular flexibility index (Phi) is 4.54. The van der Waals surface area contributed by atoms with Crippen molar-refractivity contribution >= 4 is 35.0 Å². The summed E-state index contributed by atoms with van der Waals surface area (Å²) in [5, 5.41) is 0. The van der Waals surface area contributed by atoms with Gasteiger partial charge in [-0.25, -0.2) is 0 Å². The van der Waals surface area contributed by atoms with Gasteiger partial charge in [0.25, 0.3) is 5.91 Å². The van der Waals surface area contributed by atoms with Crippen LogP contribution in [0.2, 0.25) is 0 Å². The Labute approximate surface area is 132 Å². The van der Waals surface area contributed by atoms with Crippen LogP contribution >= 0.6 is 23.1 Å². The Hall–Kier alpha value is -1.01. The van der Waals surface area contributed by atoms with Gasteiger partial charge in [-0.3, -0.25) is 9.59 Å². The molecule has 21 heavy (non-hydrogen) atoms. The zero-order chi connectivity index (χ0) is 14.8. The van der Waals surface area contributed by atoms with Gasteiger partial charge in [0.1, 0.15) is 0 Å². The summed E-state index contributed by atoms with van der Waals surface area (Å²) in [6, 6.07) is 2.05. The van der Waals surface area contributed by atoms with Crippen LogP contribution in [0.3, 0.4) is 0 Å². The molecule has 1 aromatic rings. The fraction of sp³-hybridized carbons (Fsp3) is 0.600. The first-order valence-corrected chi connectivity index (χ1v) is 9.22. The maximum Gasteiger partial charge on any atom is 0.310 e. The van der Waals surface area contributed by atoms with E-state index in [2.05, 4.69) is 6.07 Å². The van der Waals surface area contributed by atoms with E-state index in [4.69, 9.17) is 4.74 Å². The molecule has 1 amide bonds. The van der Waals surface area contributed by atoms with Gasteiger partial charge in [0.15, 0.2) is 0 Å². The third-order valence-electron chi connectivity index (χ3n) is 4.08. The molecule has 6 heteroatoms. The molecule has 1 aromatic heterocycles. The van der Waals surface area contributed by atoms with Crippen molar-refractivity contribution in [1.82, 2.24) is 4.90 Å². The van der Waals surface area contributed by atoms with Gasteiger partial charge in [0, 0.05) is 23.7 Å². The number of aryl methyl sites for hydroxylation is 1. The predicted octanol–water partition coefficient (Wildman–Crippen LogP) is 2.56. The summed E-state index contributed by atoms with van der Waals surface area (Å²) in [5.74, 6) is 1.87. The number of rotatable bonds is 2. The number of esters is 1. The number of amides is 1. The van der Waals surface area contributed by atoms with Crippen LogP contribution in [0.1, 0.15) is 33.0 Å². The number of thiophene rings is 1.